The maximum Gasteiger partial charge on any atom is 0.261 e. The van der Waals surface area contributed by atoms with Crippen LogP contribution in [0.5, 0.6) is 5.75 Å². The molecule has 21 heavy (non-hydrogen) atoms. The largest absolute Gasteiger partial charge is 0.497 e. The lowest BCUT2D eigenvalue weighted by atomic mass is 10.0. The lowest BCUT2D eigenvalue weighted by Crippen LogP contribution is -2.13. The van der Waals surface area contributed by atoms with Gasteiger partial charge in [0.1, 0.15) is 5.75 Å². The molecule has 5 heteroatoms. The van der Waals surface area contributed by atoms with Crippen LogP contribution >= 0.6 is 0 Å². The first-order valence-corrected chi connectivity index (χ1v) is 8.17. The summed E-state index contributed by atoms with van der Waals surface area (Å²) in [6.07, 6.45) is 0. The molecule has 0 radical (unpaired) electrons. The summed E-state index contributed by atoms with van der Waals surface area (Å²) < 4.78 is 32.3. The Bertz CT molecular complexity index is 707. The van der Waals surface area contributed by atoms with Crippen LogP contribution in [0.4, 0.5) is 5.69 Å². The molecule has 1 N–H and O–H groups in total. The van der Waals surface area contributed by atoms with Gasteiger partial charge < -0.3 is 4.74 Å². The smallest absolute Gasteiger partial charge is 0.261 e. The van der Waals surface area contributed by atoms with Gasteiger partial charge in [-0.05, 0) is 47.9 Å². The number of sulfonamides is 1. The monoisotopic (exact) mass is 305 g/mol. The van der Waals surface area contributed by atoms with E-state index in [1.165, 1.54) is 12.1 Å². The minimum atomic E-state index is -3.59. The minimum absolute atomic E-state index is 0.207. The van der Waals surface area contributed by atoms with E-state index in [1.807, 2.05) is 18.2 Å². The zero-order valence-electron chi connectivity index (χ0n) is 12.3. The number of anilines is 1. The highest BCUT2D eigenvalue weighted by Gasteiger charge is 2.14. The van der Waals surface area contributed by atoms with Gasteiger partial charge in [-0.3, -0.25) is 4.72 Å². The first-order valence-electron chi connectivity index (χ1n) is 6.69. The number of methoxy groups -OCH3 is 1. The van der Waals surface area contributed by atoms with Crippen LogP contribution in [0, 0.1) is 0 Å². The van der Waals surface area contributed by atoms with E-state index in [1.54, 1.807) is 25.3 Å². The van der Waals surface area contributed by atoms with Crippen LogP contribution in [-0.2, 0) is 10.0 Å². The molecule has 0 bridgehead atoms. The molecule has 0 aromatic heterocycles. The minimum Gasteiger partial charge on any atom is -0.497 e. The molecule has 0 saturated carbocycles. The van der Waals surface area contributed by atoms with Crippen LogP contribution in [-0.4, -0.2) is 15.5 Å². The predicted molar refractivity (Wildman–Crippen MR) is 84.3 cm³/mol. The van der Waals surface area contributed by atoms with E-state index in [-0.39, 0.29) is 4.90 Å². The molecule has 2 rings (SSSR count). The van der Waals surface area contributed by atoms with Crippen LogP contribution < -0.4 is 9.46 Å². The summed E-state index contributed by atoms with van der Waals surface area (Å²) in [6, 6.07) is 13.7. The third-order valence-electron chi connectivity index (χ3n) is 3.18. The van der Waals surface area contributed by atoms with E-state index in [9.17, 15) is 8.42 Å². The van der Waals surface area contributed by atoms with E-state index in [0.29, 0.717) is 17.4 Å². The van der Waals surface area contributed by atoms with Crippen LogP contribution in [0.3, 0.4) is 0 Å². The molecule has 0 unspecified atom stereocenters. The van der Waals surface area contributed by atoms with Crippen molar-refractivity contribution in [2.75, 3.05) is 11.8 Å². The summed E-state index contributed by atoms with van der Waals surface area (Å²) in [5.74, 6) is 0.964. The highest BCUT2D eigenvalue weighted by atomic mass is 32.2. The molecule has 0 aliphatic carbocycles. The molecule has 0 atom stereocenters. The molecule has 0 aliphatic heterocycles. The summed E-state index contributed by atoms with van der Waals surface area (Å²) >= 11 is 0. The Kier molecular flexibility index (Phi) is 4.53. The molecular weight excluding hydrogens is 286 g/mol. The van der Waals surface area contributed by atoms with Crippen LogP contribution in [0.15, 0.2) is 53.4 Å². The topological polar surface area (TPSA) is 55.4 Å². The van der Waals surface area contributed by atoms with Crippen LogP contribution in [0.2, 0.25) is 0 Å². The Hall–Kier alpha value is -2.01. The maximum atomic E-state index is 12.3. The van der Waals surface area contributed by atoms with E-state index < -0.39 is 10.0 Å². The van der Waals surface area contributed by atoms with Gasteiger partial charge in [-0.15, -0.1) is 0 Å². The number of ether oxygens (including phenoxy) is 1. The standard InChI is InChI=1S/C16H19NO3S/c1-12(2)13-5-4-6-14(11-13)17-21(18,19)16-9-7-15(20-3)8-10-16/h4-12,17H,1-3H3. The quantitative estimate of drug-likeness (QED) is 0.918. The Morgan fingerprint density at radius 3 is 2.29 bits per heavy atom. The lowest BCUT2D eigenvalue weighted by molar-refractivity contribution is 0.414. The predicted octanol–water partition coefficient (Wildman–Crippen LogP) is 3.62. The van der Waals surface area contributed by atoms with Crippen molar-refractivity contribution in [3.05, 3.63) is 54.1 Å². The molecule has 2 aromatic rings. The van der Waals surface area contributed by atoms with Crippen molar-refractivity contribution < 1.29 is 13.2 Å². The fourth-order valence-corrected chi connectivity index (χ4v) is 2.98. The molecule has 0 amide bonds. The number of hydrogen-bond acceptors (Lipinski definition) is 3. The third-order valence-corrected chi connectivity index (χ3v) is 4.57. The van der Waals surface area contributed by atoms with E-state index >= 15 is 0 Å². The zero-order chi connectivity index (χ0) is 15.5. The molecule has 4 nitrogen and oxygen atoms in total. The van der Waals surface area contributed by atoms with Crippen molar-refractivity contribution in [1.29, 1.82) is 0 Å². The molecule has 0 saturated heterocycles. The fourth-order valence-electron chi connectivity index (χ4n) is 1.93. The maximum absolute atomic E-state index is 12.3. The van der Waals surface area contributed by atoms with Gasteiger partial charge in [0, 0.05) is 5.69 Å². The lowest BCUT2D eigenvalue weighted by Gasteiger charge is -2.11. The summed E-state index contributed by atoms with van der Waals surface area (Å²) in [5, 5.41) is 0. The average molecular weight is 305 g/mol. The van der Waals surface area contributed by atoms with Crippen LogP contribution in [0.1, 0.15) is 25.3 Å². The van der Waals surface area contributed by atoms with Crippen molar-refractivity contribution in [2.45, 2.75) is 24.7 Å². The first kappa shape index (κ1) is 15.4. The van der Waals surface area contributed by atoms with Crippen molar-refractivity contribution in [1.82, 2.24) is 0 Å². The summed E-state index contributed by atoms with van der Waals surface area (Å²) in [6.45, 7) is 4.13. The molecule has 0 spiro atoms. The van der Waals surface area contributed by atoms with E-state index in [0.717, 1.165) is 5.56 Å². The van der Waals surface area contributed by atoms with Gasteiger partial charge in [-0.25, -0.2) is 8.42 Å². The highest BCUT2D eigenvalue weighted by molar-refractivity contribution is 7.92. The van der Waals surface area contributed by atoms with Crippen molar-refractivity contribution >= 4 is 15.7 Å². The summed E-state index contributed by atoms with van der Waals surface area (Å²) in [5.41, 5.74) is 1.65. The number of hydrogen-bond donors (Lipinski definition) is 1. The zero-order valence-corrected chi connectivity index (χ0v) is 13.1. The van der Waals surface area contributed by atoms with E-state index in [4.69, 9.17) is 4.74 Å². The second-order valence-electron chi connectivity index (χ2n) is 5.06. The highest BCUT2D eigenvalue weighted by Crippen LogP contribution is 2.22. The second-order valence-corrected chi connectivity index (χ2v) is 6.74. The first-order chi connectivity index (χ1) is 9.92. The molecule has 2 aromatic carbocycles. The number of rotatable bonds is 5. The number of benzene rings is 2. The second kappa shape index (κ2) is 6.18. The van der Waals surface area contributed by atoms with Gasteiger partial charge in [0.05, 0.1) is 12.0 Å². The molecular formula is C16H19NO3S. The molecule has 0 heterocycles. The van der Waals surface area contributed by atoms with Crippen LogP contribution in [0.25, 0.3) is 0 Å². The van der Waals surface area contributed by atoms with E-state index in [2.05, 4.69) is 18.6 Å². The Morgan fingerprint density at radius 2 is 1.71 bits per heavy atom. The van der Waals surface area contributed by atoms with Crippen molar-refractivity contribution in [2.24, 2.45) is 0 Å². The Morgan fingerprint density at radius 1 is 1.05 bits per heavy atom. The van der Waals surface area contributed by atoms with Gasteiger partial charge in [0.15, 0.2) is 0 Å². The van der Waals surface area contributed by atoms with Gasteiger partial charge in [-0.1, -0.05) is 26.0 Å². The summed E-state index contributed by atoms with van der Waals surface area (Å²) in [7, 11) is -2.05. The summed E-state index contributed by atoms with van der Waals surface area (Å²) in [4.78, 5) is 0.207. The molecule has 112 valence electrons. The molecule has 0 fully saturated rings. The van der Waals surface area contributed by atoms with Gasteiger partial charge in [-0.2, -0.15) is 0 Å². The van der Waals surface area contributed by atoms with Gasteiger partial charge >= 0.3 is 0 Å². The Balaban J connectivity index is 2.26. The van der Waals surface area contributed by atoms with Crippen molar-refractivity contribution in [3.63, 3.8) is 0 Å². The van der Waals surface area contributed by atoms with Gasteiger partial charge in [0.2, 0.25) is 0 Å². The van der Waals surface area contributed by atoms with Gasteiger partial charge in [0.25, 0.3) is 10.0 Å². The molecule has 0 aliphatic rings. The SMILES string of the molecule is COc1ccc(S(=O)(=O)Nc2cccc(C(C)C)c2)cc1. The third kappa shape index (κ3) is 3.76. The fraction of sp³-hybridized carbons (Fsp3) is 0.250. The van der Waals surface area contributed by atoms with Crippen molar-refractivity contribution in [3.8, 4) is 5.75 Å². The normalized spacial score (nSPS) is 11.4. The average Bonchev–Trinajstić information content (AvgIpc) is 2.47. The Labute approximate surface area is 125 Å². The number of nitrogens with one attached hydrogen (secondary N) is 1.